The predicted octanol–water partition coefficient (Wildman–Crippen LogP) is 3.25. The van der Waals surface area contributed by atoms with E-state index in [0.717, 1.165) is 18.9 Å². The fourth-order valence-corrected chi connectivity index (χ4v) is 2.80. The Hall–Kier alpha value is -0.810. The maximum atomic E-state index is 13.3. The van der Waals surface area contributed by atoms with Gasteiger partial charge in [-0.15, -0.1) is 0 Å². The van der Waals surface area contributed by atoms with E-state index in [4.69, 9.17) is 5.14 Å². The zero-order valence-corrected chi connectivity index (χ0v) is 12.0. The van der Waals surface area contributed by atoms with Crippen molar-refractivity contribution < 1.29 is 13.0 Å². The lowest BCUT2D eigenvalue weighted by Gasteiger charge is -2.27. The third-order valence-corrected chi connectivity index (χ3v) is 5.02. The molecule has 2 atom stereocenters. The Morgan fingerprint density at radius 3 is 2.26 bits per heavy atom. The number of halogens is 2. The van der Waals surface area contributed by atoms with Crippen molar-refractivity contribution in [3.05, 3.63) is 35.4 Å². The van der Waals surface area contributed by atoms with E-state index >= 15 is 0 Å². The van der Waals surface area contributed by atoms with Gasteiger partial charge in [-0.1, -0.05) is 0 Å². The standard InChI is InChI=1S/C14H19F2NOS/c1-14(2,19(17)18)8-13(9-3-4-9)10-5-11(15)7-12(16)6-10/h5-7,9,13H,3-4,8,17H2,1-2H3/t13-,19?/m1/s1. The zero-order valence-electron chi connectivity index (χ0n) is 11.2. The summed E-state index contributed by atoms with van der Waals surface area (Å²) in [5.41, 5.74) is 0.651. The highest BCUT2D eigenvalue weighted by atomic mass is 32.2. The van der Waals surface area contributed by atoms with Gasteiger partial charge in [0.1, 0.15) is 11.6 Å². The molecule has 0 amide bonds. The minimum Gasteiger partial charge on any atom is -0.251 e. The average molecular weight is 287 g/mol. The summed E-state index contributed by atoms with van der Waals surface area (Å²) in [6, 6.07) is 3.63. The molecule has 0 aliphatic heterocycles. The van der Waals surface area contributed by atoms with E-state index in [2.05, 4.69) is 0 Å². The monoisotopic (exact) mass is 287 g/mol. The fraction of sp³-hybridized carbons (Fsp3) is 0.571. The molecule has 1 aromatic rings. The zero-order chi connectivity index (χ0) is 14.2. The molecule has 1 unspecified atom stereocenters. The Morgan fingerprint density at radius 2 is 1.84 bits per heavy atom. The summed E-state index contributed by atoms with van der Waals surface area (Å²) >= 11 is 0. The van der Waals surface area contributed by atoms with Crippen molar-refractivity contribution in [2.45, 2.75) is 43.8 Å². The van der Waals surface area contributed by atoms with Gasteiger partial charge in [-0.05, 0) is 62.6 Å². The summed E-state index contributed by atoms with van der Waals surface area (Å²) < 4.78 is 37.7. The van der Waals surface area contributed by atoms with E-state index in [9.17, 15) is 13.0 Å². The second-order valence-electron chi connectivity index (χ2n) is 5.91. The summed E-state index contributed by atoms with van der Waals surface area (Å²) in [7, 11) is -1.46. The van der Waals surface area contributed by atoms with Crippen molar-refractivity contribution in [1.29, 1.82) is 0 Å². The van der Waals surface area contributed by atoms with Crippen LogP contribution in [0.4, 0.5) is 8.78 Å². The Balaban J connectivity index is 2.28. The highest BCUT2D eigenvalue weighted by Gasteiger charge is 2.38. The van der Waals surface area contributed by atoms with Crippen molar-refractivity contribution in [3.8, 4) is 0 Å². The van der Waals surface area contributed by atoms with E-state index in [1.807, 2.05) is 13.8 Å². The second-order valence-corrected chi connectivity index (χ2v) is 7.61. The van der Waals surface area contributed by atoms with Crippen LogP contribution in [0, 0.1) is 17.6 Å². The van der Waals surface area contributed by atoms with Crippen LogP contribution in [0.3, 0.4) is 0 Å². The quantitative estimate of drug-likeness (QED) is 0.887. The van der Waals surface area contributed by atoms with Crippen LogP contribution in [0.2, 0.25) is 0 Å². The molecule has 0 heterocycles. The molecule has 106 valence electrons. The van der Waals surface area contributed by atoms with Gasteiger partial charge in [0.25, 0.3) is 0 Å². The van der Waals surface area contributed by atoms with Gasteiger partial charge in [0.15, 0.2) is 0 Å². The lowest BCUT2D eigenvalue weighted by atomic mass is 9.86. The number of rotatable bonds is 5. The topological polar surface area (TPSA) is 43.1 Å². The molecule has 0 aromatic heterocycles. The Labute approximate surface area is 115 Å². The van der Waals surface area contributed by atoms with Crippen LogP contribution >= 0.6 is 0 Å². The second kappa shape index (κ2) is 5.29. The Bertz CT molecular complexity index is 480. The molecule has 19 heavy (non-hydrogen) atoms. The molecule has 1 saturated carbocycles. The van der Waals surface area contributed by atoms with Crippen LogP contribution in [0.1, 0.15) is 44.6 Å². The molecule has 5 heteroatoms. The highest BCUT2D eigenvalue weighted by molar-refractivity contribution is 7.84. The van der Waals surface area contributed by atoms with Gasteiger partial charge in [0.05, 0.1) is 15.7 Å². The third kappa shape index (κ3) is 3.60. The molecule has 1 aliphatic rings. The van der Waals surface area contributed by atoms with Crippen LogP contribution < -0.4 is 5.14 Å². The van der Waals surface area contributed by atoms with Gasteiger partial charge in [0.2, 0.25) is 0 Å². The maximum absolute atomic E-state index is 13.3. The SMILES string of the molecule is CC(C)(C[C@@H](c1cc(F)cc(F)c1)C1CC1)S(N)=O. The normalized spacial score (nSPS) is 19.2. The van der Waals surface area contributed by atoms with Crippen LogP contribution in [0.15, 0.2) is 18.2 Å². The molecule has 2 nitrogen and oxygen atoms in total. The van der Waals surface area contributed by atoms with Crippen LogP contribution in [-0.4, -0.2) is 8.96 Å². The molecule has 1 fully saturated rings. The molecule has 0 spiro atoms. The lowest BCUT2D eigenvalue weighted by Crippen LogP contribution is -2.34. The van der Waals surface area contributed by atoms with Crippen molar-refractivity contribution in [1.82, 2.24) is 0 Å². The van der Waals surface area contributed by atoms with E-state index < -0.39 is 27.4 Å². The summed E-state index contributed by atoms with van der Waals surface area (Å²) in [5.74, 6) is -0.684. The van der Waals surface area contributed by atoms with Gasteiger partial charge >= 0.3 is 0 Å². The molecule has 2 rings (SSSR count). The summed E-state index contributed by atoms with van der Waals surface area (Å²) in [6.07, 6.45) is 2.68. The van der Waals surface area contributed by atoms with E-state index in [1.165, 1.54) is 12.1 Å². The maximum Gasteiger partial charge on any atom is 0.126 e. The molecule has 0 radical (unpaired) electrons. The summed E-state index contributed by atoms with van der Waals surface area (Å²) in [4.78, 5) is 0. The number of nitrogens with two attached hydrogens (primary N) is 1. The predicted molar refractivity (Wildman–Crippen MR) is 72.8 cm³/mol. The van der Waals surface area contributed by atoms with E-state index in [0.29, 0.717) is 17.9 Å². The Kier molecular flexibility index (Phi) is 4.06. The largest absolute Gasteiger partial charge is 0.251 e. The van der Waals surface area contributed by atoms with Gasteiger partial charge < -0.3 is 0 Å². The van der Waals surface area contributed by atoms with Crippen LogP contribution in [0.25, 0.3) is 0 Å². The summed E-state index contributed by atoms with van der Waals surface area (Å²) in [6.45, 7) is 3.66. The molecular weight excluding hydrogens is 268 g/mol. The van der Waals surface area contributed by atoms with Crippen molar-refractivity contribution >= 4 is 11.0 Å². The smallest absolute Gasteiger partial charge is 0.126 e. The Morgan fingerprint density at radius 1 is 1.32 bits per heavy atom. The highest BCUT2D eigenvalue weighted by Crippen LogP contribution is 2.47. The molecular formula is C14H19F2NOS. The number of hydrogen-bond donors (Lipinski definition) is 1. The number of hydrogen-bond acceptors (Lipinski definition) is 1. The van der Waals surface area contributed by atoms with Gasteiger partial charge in [-0.2, -0.15) is 0 Å². The molecule has 0 saturated heterocycles. The summed E-state index contributed by atoms with van der Waals surface area (Å²) in [5, 5.41) is 5.50. The molecule has 1 aliphatic carbocycles. The molecule has 2 N–H and O–H groups in total. The van der Waals surface area contributed by atoms with Crippen LogP contribution in [-0.2, 0) is 11.0 Å². The van der Waals surface area contributed by atoms with Crippen molar-refractivity contribution in [2.75, 3.05) is 0 Å². The average Bonchev–Trinajstić information content (AvgIpc) is 3.08. The first-order valence-corrected chi connectivity index (χ1v) is 7.63. The van der Waals surface area contributed by atoms with Gasteiger partial charge in [-0.3, -0.25) is 5.14 Å². The minimum absolute atomic E-state index is 0.0210. The number of benzene rings is 1. The lowest BCUT2D eigenvalue weighted by molar-refractivity contribution is 0.473. The molecule has 1 aromatic carbocycles. The fourth-order valence-electron chi connectivity index (χ4n) is 2.46. The minimum atomic E-state index is -1.46. The van der Waals surface area contributed by atoms with Gasteiger partial charge in [0, 0.05) is 6.07 Å². The first-order valence-electron chi connectivity index (χ1n) is 6.42. The van der Waals surface area contributed by atoms with Gasteiger partial charge in [-0.25, -0.2) is 13.0 Å². The first kappa shape index (κ1) is 14.6. The van der Waals surface area contributed by atoms with Crippen LogP contribution in [0.5, 0.6) is 0 Å². The van der Waals surface area contributed by atoms with Crippen molar-refractivity contribution in [3.63, 3.8) is 0 Å². The third-order valence-electron chi connectivity index (χ3n) is 3.76. The van der Waals surface area contributed by atoms with Crippen molar-refractivity contribution in [2.24, 2.45) is 11.1 Å². The molecule has 0 bridgehead atoms. The van der Waals surface area contributed by atoms with E-state index in [1.54, 1.807) is 0 Å². The first-order chi connectivity index (χ1) is 8.79. The van der Waals surface area contributed by atoms with E-state index in [-0.39, 0.29) is 5.92 Å².